The Morgan fingerprint density at radius 1 is 1.22 bits per heavy atom. The average Bonchev–Trinajstić information content (AvgIpc) is 2.51. The van der Waals surface area contributed by atoms with E-state index in [2.05, 4.69) is 36.5 Å². The molecule has 0 heterocycles. The summed E-state index contributed by atoms with van der Waals surface area (Å²) in [6, 6.07) is 15.5. The van der Waals surface area contributed by atoms with Crippen LogP contribution in [0.5, 0.6) is 5.75 Å². The fraction of sp³-hybridized carbons (Fsp3) is 0.316. The normalized spacial score (nSPS) is 11.8. The maximum Gasteiger partial charge on any atom is 0.260 e. The fourth-order valence-corrected chi connectivity index (χ4v) is 2.49. The second kappa shape index (κ2) is 8.59. The van der Waals surface area contributed by atoms with Gasteiger partial charge in [-0.15, -0.1) is 0 Å². The maximum absolute atomic E-state index is 12.0. The molecule has 0 aliphatic heterocycles. The highest BCUT2D eigenvalue weighted by atomic mass is 35.5. The summed E-state index contributed by atoms with van der Waals surface area (Å²) < 4.78 is 5.59. The first-order valence-corrected chi connectivity index (χ1v) is 8.18. The molecule has 0 aromatic heterocycles. The molecule has 2 rings (SSSR count). The minimum atomic E-state index is -0.549. The maximum atomic E-state index is 12.0. The van der Waals surface area contributed by atoms with Gasteiger partial charge in [-0.05, 0) is 50.5 Å². The molecule has 1 atom stereocenters. The SMILES string of the molecule is Cc1cccc(CCCNC(=O)[C@H](C)Oc2cccc(Cl)c2)c1. The summed E-state index contributed by atoms with van der Waals surface area (Å²) in [6.45, 7) is 4.45. The number of benzene rings is 2. The molecule has 4 heteroatoms. The Bertz CT molecular complexity index is 657. The zero-order chi connectivity index (χ0) is 16.7. The van der Waals surface area contributed by atoms with Crippen molar-refractivity contribution in [2.75, 3.05) is 6.54 Å². The molecular formula is C19H22ClNO2. The van der Waals surface area contributed by atoms with E-state index in [1.165, 1.54) is 11.1 Å². The van der Waals surface area contributed by atoms with Gasteiger partial charge in [-0.25, -0.2) is 0 Å². The summed E-state index contributed by atoms with van der Waals surface area (Å²) in [4.78, 5) is 12.0. The molecule has 0 aliphatic carbocycles. The van der Waals surface area contributed by atoms with E-state index in [0.29, 0.717) is 17.3 Å². The lowest BCUT2D eigenvalue weighted by atomic mass is 10.1. The second-order valence-electron chi connectivity index (χ2n) is 5.60. The summed E-state index contributed by atoms with van der Waals surface area (Å²) >= 11 is 5.90. The van der Waals surface area contributed by atoms with Crippen LogP contribution in [0, 0.1) is 6.92 Å². The van der Waals surface area contributed by atoms with E-state index in [-0.39, 0.29) is 5.91 Å². The van der Waals surface area contributed by atoms with Crippen molar-refractivity contribution in [3.8, 4) is 5.75 Å². The first-order valence-electron chi connectivity index (χ1n) is 7.80. The van der Waals surface area contributed by atoms with Crippen LogP contribution in [-0.2, 0) is 11.2 Å². The molecule has 0 saturated heterocycles. The fourth-order valence-electron chi connectivity index (χ4n) is 2.31. The van der Waals surface area contributed by atoms with E-state index in [0.717, 1.165) is 12.8 Å². The van der Waals surface area contributed by atoms with Crippen LogP contribution in [0.3, 0.4) is 0 Å². The van der Waals surface area contributed by atoms with Crippen LogP contribution in [0.15, 0.2) is 48.5 Å². The highest BCUT2D eigenvalue weighted by Crippen LogP contribution is 2.18. The van der Waals surface area contributed by atoms with Crippen molar-refractivity contribution in [1.29, 1.82) is 0 Å². The molecule has 0 unspecified atom stereocenters. The first kappa shape index (κ1) is 17.4. The third kappa shape index (κ3) is 5.95. The van der Waals surface area contributed by atoms with Gasteiger partial charge in [0.05, 0.1) is 0 Å². The number of rotatable bonds is 7. The number of halogens is 1. The Kier molecular flexibility index (Phi) is 6.48. The lowest BCUT2D eigenvalue weighted by Crippen LogP contribution is -2.36. The number of carbonyl (C=O) groups is 1. The number of nitrogens with one attached hydrogen (secondary N) is 1. The topological polar surface area (TPSA) is 38.3 Å². The molecule has 2 aromatic rings. The highest BCUT2D eigenvalue weighted by Gasteiger charge is 2.13. The van der Waals surface area contributed by atoms with Crippen molar-refractivity contribution in [2.24, 2.45) is 0 Å². The Morgan fingerprint density at radius 3 is 2.74 bits per heavy atom. The molecule has 23 heavy (non-hydrogen) atoms. The zero-order valence-corrected chi connectivity index (χ0v) is 14.3. The van der Waals surface area contributed by atoms with E-state index in [1.54, 1.807) is 31.2 Å². The molecule has 1 amide bonds. The van der Waals surface area contributed by atoms with Gasteiger partial charge in [-0.3, -0.25) is 4.79 Å². The number of hydrogen-bond acceptors (Lipinski definition) is 2. The highest BCUT2D eigenvalue weighted by molar-refractivity contribution is 6.30. The predicted molar refractivity (Wildman–Crippen MR) is 94.1 cm³/mol. The largest absolute Gasteiger partial charge is 0.481 e. The average molecular weight is 332 g/mol. The van der Waals surface area contributed by atoms with Crippen LogP contribution in [0.4, 0.5) is 0 Å². The summed E-state index contributed by atoms with van der Waals surface area (Å²) in [5.74, 6) is 0.481. The lowest BCUT2D eigenvalue weighted by Gasteiger charge is -2.15. The Labute approximate surface area is 142 Å². The van der Waals surface area contributed by atoms with E-state index >= 15 is 0 Å². The van der Waals surface area contributed by atoms with Crippen LogP contribution in [0.25, 0.3) is 0 Å². The number of aryl methyl sites for hydroxylation is 2. The van der Waals surface area contributed by atoms with Crippen molar-refractivity contribution in [1.82, 2.24) is 5.32 Å². The summed E-state index contributed by atoms with van der Waals surface area (Å²) in [6.07, 6.45) is 1.30. The van der Waals surface area contributed by atoms with E-state index in [4.69, 9.17) is 16.3 Å². The Hall–Kier alpha value is -2.00. The Balaban J connectivity index is 1.71. The van der Waals surface area contributed by atoms with Gasteiger partial charge in [0.2, 0.25) is 0 Å². The molecule has 0 aliphatic rings. The smallest absolute Gasteiger partial charge is 0.260 e. The Morgan fingerprint density at radius 2 is 2.00 bits per heavy atom. The molecule has 0 radical (unpaired) electrons. The quantitative estimate of drug-likeness (QED) is 0.773. The monoisotopic (exact) mass is 331 g/mol. The van der Waals surface area contributed by atoms with Crippen LogP contribution in [0.1, 0.15) is 24.5 Å². The molecule has 1 N–H and O–H groups in total. The van der Waals surface area contributed by atoms with Gasteiger partial charge >= 0.3 is 0 Å². The van der Waals surface area contributed by atoms with Gasteiger partial charge in [0, 0.05) is 11.6 Å². The number of amides is 1. The van der Waals surface area contributed by atoms with E-state index in [1.807, 2.05) is 0 Å². The molecule has 0 bridgehead atoms. The zero-order valence-electron chi connectivity index (χ0n) is 13.5. The summed E-state index contributed by atoms with van der Waals surface area (Å²) in [5, 5.41) is 3.50. The lowest BCUT2D eigenvalue weighted by molar-refractivity contribution is -0.127. The van der Waals surface area contributed by atoms with Crippen LogP contribution < -0.4 is 10.1 Å². The standard InChI is InChI=1S/C19H22ClNO2/c1-14-6-3-7-16(12-14)8-5-11-21-19(22)15(2)23-18-10-4-9-17(20)13-18/h3-4,6-7,9-10,12-13,15H,5,8,11H2,1-2H3,(H,21,22)/t15-/m0/s1. The van der Waals surface area contributed by atoms with Gasteiger partial charge < -0.3 is 10.1 Å². The summed E-state index contributed by atoms with van der Waals surface area (Å²) in [5.41, 5.74) is 2.55. The van der Waals surface area contributed by atoms with Crippen LogP contribution in [-0.4, -0.2) is 18.6 Å². The molecule has 2 aromatic carbocycles. The van der Waals surface area contributed by atoms with Crippen molar-refractivity contribution >= 4 is 17.5 Å². The molecule has 3 nitrogen and oxygen atoms in total. The van der Waals surface area contributed by atoms with Crippen molar-refractivity contribution < 1.29 is 9.53 Å². The van der Waals surface area contributed by atoms with Crippen molar-refractivity contribution in [3.05, 3.63) is 64.7 Å². The number of carbonyl (C=O) groups excluding carboxylic acids is 1. The van der Waals surface area contributed by atoms with E-state index < -0.39 is 6.10 Å². The molecular weight excluding hydrogens is 310 g/mol. The third-order valence-electron chi connectivity index (χ3n) is 3.50. The first-order chi connectivity index (χ1) is 11.0. The van der Waals surface area contributed by atoms with Gasteiger partial charge in [0.1, 0.15) is 5.75 Å². The minimum absolute atomic E-state index is 0.116. The predicted octanol–water partition coefficient (Wildman–Crippen LogP) is 4.16. The van der Waals surface area contributed by atoms with Gasteiger partial charge in [-0.2, -0.15) is 0 Å². The van der Waals surface area contributed by atoms with Gasteiger partial charge in [0.25, 0.3) is 5.91 Å². The van der Waals surface area contributed by atoms with E-state index in [9.17, 15) is 4.79 Å². The minimum Gasteiger partial charge on any atom is -0.481 e. The number of hydrogen-bond donors (Lipinski definition) is 1. The summed E-state index contributed by atoms with van der Waals surface area (Å²) in [7, 11) is 0. The van der Waals surface area contributed by atoms with Crippen molar-refractivity contribution in [3.63, 3.8) is 0 Å². The van der Waals surface area contributed by atoms with Crippen LogP contribution in [0.2, 0.25) is 5.02 Å². The van der Waals surface area contributed by atoms with Crippen molar-refractivity contribution in [2.45, 2.75) is 32.8 Å². The second-order valence-corrected chi connectivity index (χ2v) is 6.04. The number of ether oxygens (including phenoxy) is 1. The molecule has 0 fully saturated rings. The van der Waals surface area contributed by atoms with Gasteiger partial charge in [0.15, 0.2) is 6.10 Å². The third-order valence-corrected chi connectivity index (χ3v) is 3.74. The molecule has 0 saturated carbocycles. The molecule has 0 spiro atoms. The van der Waals surface area contributed by atoms with Crippen LogP contribution >= 0.6 is 11.6 Å². The molecule has 122 valence electrons. The van der Waals surface area contributed by atoms with Gasteiger partial charge in [-0.1, -0.05) is 47.5 Å².